The van der Waals surface area contributed by atoms with Crippen molar-refractivity contribution >= 4 is 34.8 Å². The zero-order valence-electron chi connectivity index (χ0n) is 17.5. The number of aromatic nitrogens is 2. The zero-order valence-corrected chi connectivity index (χ0v) is 18.2. The predicted molar refractivity (Wildman–Crippen MR) is 122 cm³/mol. The van der Waals surface area contributed by atoms with Crippen LogP contribution < -0.4 is 16.2 Å². The smallest absolute Gasteiger partial charge is 0.291 e. The van der Waals surface area contributed by atoms with Crippen molar-refractivity contribution in [3.05, 3.63) is 75.5 Å². The van der Waals surface area contributed by atoms with Crippen LogP contribution in [0.1, 0.15) is 19.4 Å². The number of rotatable bonds is 6. The molecule has 0 unspecified atom stereocenters. The normalized spacial score (nSPS) is 10.7. The Hall–Kier alpha value is -3.45. The monoisotopic (exact) mass is 438 g/mol. The molecule has 0 aliphatic carbocycles. The number of hydrogen-bond acceptors (Lipinski definition) is 4. The molecule has 3 aromatic rings. The van der Waals surface area contributed by atoms with Crippen LogP contribution in [0.4, 0.5) is 11.4 Å². The minimum atomic E-state index is -0.564. The Morgan fingerprint density at radius 3 is 2.42 bits per heavy atom. The molecule has 3 rings (SSSR count). The molecule has 0 bridgehead atoms. The number of aryl methyl sites for hydroxylation is 1. The first kappa shape index (κ1) is 22.2. The van der Waals surface area contributed by atoms with Crippen molar-refractivity contribution < 1.29 is 9.59 Å². The third-order valence-corrected chi connectivity index (χ3v) is 4.98. The number of hydrogen-bond donors (Lipinski definition) is 2. The van der Waals surface area contributed by atoms with Gasteiger partial charge in [0.25, 0.3) is 5.56 Å². The van der Waals surface area contributed by atoms with Crippen molar-refractivity contribution in [2.75, 3.05) is 10.6 Å². The van der Waals surface area contributed by atoms with E-state index in [1.807, 2.05) is 37.3 Å². The Morgan fingerprint density at radius 1 is 1.06 bits per heavy atom. The highest BCUT2D eigenvalue weighted by atomic mass is 35.5. The summed E-state index contributed by atoms with van der Waals surface area (Å²) >= 11 is 6.11. The number of nitrogens with one attached hydrogen (secondary N) is 2. The Bertz CT molecular complexity index is 1170. The third-order valence-electron chi connectivity index (χ3n) is 4.58. The van der Waals surface area contributed by atoms with Gasteiger partial charge in [-0.2, -0.15) is 5.10 Å². The van der Waals surface area contributed by atoms with Crippen LogP contribution in [0.5, 0.6) is 0 Å². The van der Waals surface area contributed by atoms with Gasteiger partial charge in [0.05, 0.1) is 5.69 Å². The maximum absolute atomic E-state index is 12.9. The number of halogens is 1. The fraction of sp³-hybridized carbons (Fsp3) is 0.217. The molecule has 8 heteroatoms. The quantitative estimate of drug-likeness (QED) is 0.605. The Morgan fingerprint density at radius 2 is 1.77 bits per heavy atom. The van der Waals surface area contributed by atoms with E-state index in [1.54, 1.807) is 32.0 Å². The van der Waals surface area contributed by atoms with E-state index in [0.29, 0.717) is 16.4 Å². The Kier molecular flexibility index (Phi) is 6.87. The van der Waals surface area contributed by atoms with E-state index in [9.17, 15) is 14.4 Å². The van der Waals surface area contributed by atoms with Crippen LogP contribution >= 0.6 is 11.6 Å². The third kappa shape index (κ3) is 5.58. The van der Waals surface area contributed by atoms with Crippen LogP contribution in [0.2, 0.25) is 5.02 Å². The Labute approximate surface area is 185 Å². The molecule has 0 saturated heterocycles. The van der Waals surface area contributed by atoms with Crippen molar-refractivity contribution in [1.29, 1.82) is 0 Å². The van der Waals surface area contributed by atoms with E-state index in [4.69, 9.17) is 11.6 Å². The van der Waals surface area contributed by atoms with Gasteiger partial charge in [0.1, 0.15) is 12.2 Å². The second-order valence-corrected chi connectivity index (χ2v) is 7.84. The van der Waals surface area contributed by atoms with Gasteiger partial charge in [-0.1, -0.05) is 61.8 Å². The van der Waals surface area contributed by atoms with Crippen molar-refractivity contribution in [2.24, 2.45) is 5.92 Å². The molecule has 1 heterocycles. The topological polar surface area (TPSA) is 93.1 Å². The number of benzene rings is 2. The van der Waals surface area contributed by atoms with E-state index in [2.05, 4.69) is 15.7 Å². The van der Waals surface area contributed by atoms with Gasteiger partial charge < -0.3 is 10.6 Å². The van der Waals surface area contributed by atoms with Crippen LogP contribution in [0.3, 0.4) is 0 Å². The highest BCUT2D eigenvalue weighted by molar-refractivity contribution is 6.31. The van der Waals surface area contributed by atoms with Gasteiger partial charge in [-0.3, -0.25) is 14.4 Å². The number of anilines is 2. The van der Waals surface area contributed by atoms with Crippen LogP contribution in [-0.4, -0.2) is 21.6 Å². The first-order chi connectivity index (χ1) is 14.7. The number of nitrogens with zero attached hydrogens (tertiary/aromatic N) is 2. The summed E-state index contributed by atoms with van der Waals surface area (Å²) in [5.74, 6) is -1.05. The molecule has 2 amide bonds. The van der Waals surface area contributed by atoms with E-state index in [1.165, 1.54) is 6.07 Å². The summed E-state index contributed by atoms with van der Waals surface area (Å²) in [6, 6.07) is 15.9. The highest BCUT2D eigenvalue weighted by Gasteiger charge is 2.16. The fourth-order valence-electron chi connectivity index (χ4n) is 2.77. The summed E-state index contributed by atoms with van der Waals surface area (Å²) in [5.41, 5.74) is 2.12. The standard InChI is InChI=1S/C23H23ClN4O3/c1-14(2)22(30)26-20-12-19(16-7-5-4-6-8-16)27-28(23(20)31)13-21(29)25-17-10-9-15(3)18(24)11-17/h4-12,14H,13H2,1-3H3,(H,25,29)(H,26,30). The summed E-state index contributed by atoms with van der Waals surface area (Å²) in [5, 5.41) is 10.2. The van der Waals surface area contributed by atoms with E-state index < -0.39 is 11.5 Å². The molecule has 0 aliphatic rings. The highest BCUT2D eigenvalue weighted by Crippen LogP contribution is 2.20. The molecule has 0 saturated carbocycles. The average Bonchev–Trinajstić information content (AvgIpc) is 2.74. The summed E-state index contributed by atoms with van der Waals surface area (Å²) in [6.45, 7) is 5.00. The van der Waals surface area contributed by atoms with Gasteiger partial charge in [-0.25, -0.2) is 4.68 Å². The first-order valence-electron chi connectivity index (χ1n) is 9.79. The summed E-state index contributed by atoms with van der Waals surface area (Å²) in [7, 11) is 0. The molecule has 0 atom stereocenters. The zero-order chi connectivity index (χ0) is 22.5. The molecule has 1 aromatic heterocycles. The predicted octanol–water partition coefficient (Wildman–Crippen LogP) is 4.11. The maximum Gasteiger partial charge on any atom is 0.291 e. The molecule has 2 N–H and O–H groups in total. The number of carbonyl (C=O) groups is 2. The molecule has 0 radical (unpaired) electrons. The molecule has 0 aliphatic heterocycles. The van der Waals surface area contributed by atoms with Crippen molar-refractivity contribution in [1.82, 2.24) is 9.78 Å². The lowest BCUT2D eigenvalue weighted by atomic mass is 10.1. The molecular weight excluding hydrogens is 416 g/mol. The molecule has 7 nitrogen and oxygen atoms in total. The molecule has 160 valence electrons. The molecule has 31 heavy (non-hydrogen) atoms. The molecule has 2 aromatic carbocycles. The molecular formula is C23H23ClN4O3. The van der Waals surface area contributed by atoms with E-state index >= 15 is 0 Å². The van der Waals surface area contributed by atoms with Crippen molar-refractivity contribution in [2.45, 2.75) is 27.3 Å². The average molecular weight is 439 g/mol. The lowest BCUT2D eigenvalue weighted by Crippen LogP contribution is -2.33. The maximum atomic E-state index is 12.9. The van der Waals surface area contributed by atoms with Crippen LogP contribution in [0, 0.1) is 12.8 Å². The molecule has 0 spiro atoms. The van der Waals surface area contributed by atoms with Crippen LogP contribution in [0.25, 0.3) is 11.3 Å². The minimum Gasteiger partial charge on any atom is -0.324 e. The van der Waals surface area contributed by atoms with Gasteiger partial charge in [-0.15, -0.1) is 0 Å². The van der Waals surface area contributed by atoms with Gasteiger partial charge in [0, 0.05) is 22.2 Å². The minimum absolute atomic E-state index is 0.0683. The summed E-state index contributed by atoms with van der Waals surface area (Å²) in [6.07, 6.45) is 0. The lowest BCUT2D eigenvalue weighted by molar-refractivity contribution is -0.119. The van der Waals surface area contributed by atoms with Crippen LogP contribution in [0.15, 0.2) is 59.4 Å². The number of amides is 2. The van der Waals surface area contributed by atoms with Gasteiger partial charge in [-0.05, 0) is 30.7 Å². The van der Waals surface area contributed by atoms with Gasteiger partial charge >= 0.3 is 0 Å². The van der Waals surface area contributed by atoms with Crippen LogP contribution in [-0.2, 0) is 16.1 Å². The first-order valence-corrected chi connectivity index (χ1v) is 10.2. The SMILES string of the molecule is Cc1ccc(NC(=O)Cn2nc(-c3ccccc3)cc(NC(=O)C(C)C)c2=O)cc1Cl. The van der Waals surface area contributed by atoms with Gasteiger partial charge in [0.15, 0.2) is 0 Å². The summed E-state index contributed by atoms with van der Waals surface area (Å²) < 4.78 is 1.05. The Balaban J connectivity index is 1.93. The second-order valence-electron chi connectivity index (χ2n) is 7.43. The van der Waals surface area contributed by atoms with E-state index in [0.717, 1.165) is 15.8 Å². The second kappa shape index (κ2) is 9.57. The number of carbonyl (C=O) groups excluding carboxylic acids is 2. The van der Waals surface area contributed by atoms with Crippen molar-refractivity contribution in [3.8, 4) is 11.3 Å². The van der Waals surface area contributed by atoms with Crippen molar-refractivity contribution in [3.63, 3.8) is 0 Å². The lowest BCUT2D eigenvalue weighted by Gasteiger charge is -2.13. The summed E-state index contributed by atoms with van der Waals surface area (Å²) in [4.78, 5) is 37.6. The largest absolute Gasteiger partial charge is 0.324 e. The van der Waals surface area contributed by atoms with E-state index in [-0.39, 0.29) is 24.1 Å². The van der Waals surface area contributed by atoms with Gasteiger partial charge in [0.2, 0.25) is 11.8 Å². The fourth-order valence-corrected chi connectivity index (χ4v) is 2.95. The molecule has 0 fully saturated rings.